The van der Waals surface area contributed by atoms with Crippen molar-refractivity contribution < 1.29 is 70.4 Å². The second-order valence-corrected chi connectivity index (χ2v) is 1.57. The Hall–Kier alpha value is 0.198. The Morgan fingerprint density at radius 3 is 1.18 bits per heavy atom. The molecular formula is C4H6O6Sm. The summed E-state index contributed by atoms with van der Waals surface area (Å²) in [6.07, 6.45) is -4.53. The molecular weight excluding hydrogens is 294 g/mol. The minimum atomic E-state index is -2.27. The third-order valence-electron chi connectivity index (χ3n) is 0.805. The van der Waals surface area contributed by atoms with E-state index in [1.54, 1.807) is 0 Å². The summed E-state index contributed by atoms with van der Waals surface area (Å²) in [5.41, 5.74) is 0. The van der Waals surface area contributed by atoms with Crippen molar-refractivity contribution in [2.45, 2.75) is 12.2 Å². The van der Waals surface area contributed by atoms with E-state index < -0.39 is 24.1 Å². The van der Waals surface area contributed by atoms with Crippen molar-refractivity contribution in [2.24, 2.45) is 0 Å². The summed E-state index contributed by atoms with van der Waals surface area (Å²) < 4.78 is 0. The topological polar surface area (TPSA) is 115 Å². The van der Waals surface area contributed by atoms with Crippen molar-refractivity contribution in [1.29, 1.82) is 0 Å². The van der Waals surface area contributed by atoms with E-state index in [2.05, 4.69) is 0 Å². The molecule has 6 nitrogen and oxygen atoms in total. The fourth-order valence-electron chi connectivity index (χ4n) is 0.270. The molecule has 11 heavy (non-hydrogen) atoms. The predicted octanol–water partition coefficient (Wildman–Crippen LogP) is -2.12. The van der Waals surface area contributed by atoms with Crippen LogP contribution in [0.4, 0.5) is 0 Å². The molecule has 0 aromatic heterocycles. The summed E-state index contributed by atoms with van der Waals surface area (Å²) >= 11 is 0. The first-order valence-electron chi connectivity index (χ1n) is 2.28. The third-order valence-corrected chi connectivity index (χ3v) is 0.805. The van der Waals surface area contributed by atoms with Crippen LogP contribution in [-0.2, 0) is 9.59 Å². The molecule has 64 valence electrons. The smallest absolute Gasteiger partial charge is 0.335 e. The van der Waals surface area contributed by atoms with Crippen LogP contribution in [0.25, 0.3) is 0 Å². The van der Waals surface area contributed by atoms with Crippen molar-refractivity contribution in [3.8, 4) is 0 Å². The van der Waals surface area contributed by atoms with Crippen molar-refractivity contribution in [2.75, 3.05) is 0 Å². The zero-order valence-corrected chi connectivity index (χ0v) is 7.79. The minimum Gasteiger partial charge on any atom is -0.479 e. The van der Waals surface area contributed by atoms with Gasteiger partial charge in [-0.3, -0.25) is 0 Å². The molecule has 4 N–H and O–H groups in total. The van der Waals surface area contributed by atoms with E-state index in [4.69, 9.17) is 20.4 Å². The van der Waals surface area contributed by atoms with E-state index in [1.165, 1.54) is 0 Å². The average Bonchev–Trinajstić information content (AvgIpc) is 1.84. The van der Waals surface area contributed by atoms with Crippen LogP contribution in [0.5, 0.6) is 0 Å². The summed E-state index contributed by atoms with van der Waals surface area (Å²) in [6.45, 7) is 0. The number of hydrogen-bond donors (Lipinski definition) is 4. The van der Waals surface area contributed by atoms with Crippen LogP contribution in [-0.4, -0.2) is 44.6 Å². The van der Waals surface area contributed by atoms with Gasteiger partial charge in [-0.1, -0.05) is 0 Å². The van der Waals surface area contributed by atoms with Gasteiger partial charge in [-0.05, 0) is 0 Å². The molecule has 7 heteroatoms. The number of carbonyl (C=O) groups is 2. The molecule has 2 atom stereocenters. The number of hydrogen-bond acceptors (Lipinski definition) is 4. The Kier molecular flexibility index (Phi) is 7.26. The Balaban J connectivity index is 0. The van der Waals surface area contributed by atoms with Crippen LogP contribution >= 0.6 is 0 Å². The van der Waals surface area contributed by atoms with Crippen LogP contribution in [0, 0.1) is 40.4 Å². The molecule has 0 heterocycles. The quantitative estimate of drug-likeness (QED) is 0.474. The molecule has 0 bridgehead atoms. The summed E-state index contributed by atoms with van der Waals surface area (Å²) in [5.74, 6) is -3.54. The van der Waals surface area contributed by atoms with E-state index >= 15 is 0 Å². The van der Waals surface area contributed by atoms with Gasteiger partial charge in [0.15, 0.2) is 12.2 Å². The van der Waals surface area contributed by atoms with Gasteiger partial charge in [0.2, 0.25) is 0 Å². The molecule has 0 aromatic carbocycles. The van der Waals surface area contributed by atoms with E-state index in [9.17, 15) is 9.59 Å². The molecule has 0 aliphatic rings. The summed E-state index contributed by atoms with van der Waals surface area (Å²) in [6, 6.07) is 0. The van der Waals surface area contributed by atoms with Gasteiger partial charge in [-0.25, -0.2) is 9.59 Å². The fraction of sp³-hybridized carbons (Fsp3) is 0.500. The Morgan fingerprint density at radius 1 is 0.909 bits per heavy atom. The van der Waals surface area contributed by atoms with E-state index in [0.717, 1.165) is 0 Å². The number of rotatable bonds is 3. The van der Waals surface area contributed by atoms with Crippen molar-refractivity contribution in [3.63, 3.8) is 0 Å². The molecule has 0 aromatic rings. The van der Waals surface area contributed by atoms with Gasteiger partial charge in [-0.2, -0.15) is 0 Å². The maximum Gasteiger partial charge on any atom is 0.335 e. The van der Waals surface area contributed by atoms with E-state index in [-0.39, 0.29) is 40.4 Å². The van der Waals surface area contributed by atoms with Gasteiger partial charge in [0.1, 0.15) is 0 Å². The molecule has 2 unspecified atom stereocenters. The van der Waals surface area contributed by atoms with Crippen LogP contribution in [0.3, 0.4) is 0 Å². The molecule has 0 spiro atoms. The molecule has 0 saturated heterocycles. The third kappa shape index (κ3) is 4.61. The van der Waals surface area contributed by atoms with Crippen LogP contribution in [0.15, 0.2) is 0 Å². The Labute approximate surface area is 93.9 Å². The largest absolute Gasteiger partial charge is 0.479 e. The molecule has 0 radical (unpaired) electrons. The maximum atomic E-state index is 9.77. The summed E-state index contributed by atoms with van der Waals surface area (Å²) in [7, 11) is 0. The summed E-state index contributed by atoms with van der Waals surface area (Å²) in [5, 5.41) is 32.5. The van der Waals surface area contributed by atoms with Crippen molar-refractivity contribution in [1.82, 2.24) is 0 Å². The normalized spacial score (nSPS) is 14.4. The number of carboxylic acids is 2. The minimum absolute atomic E-state index is 0. The van der Waals surface area contributed by atoms with E-state index in [0.29, 0.717) is 0 Å². The molecule has 0 saturated carbocycles. The van der Waals surface area contributed by atoms with Crippen molar-refractivity contribution in [3.05, 3.63) is 0 Å². The molecule has 0 fully saturated rings. The summed E-state index contributed by atoms with van der Waals surface area (Å²) in [4.78, 5) is 19.5. The van der Waals surface area contributed by atoms with Gasteiger partial charge in [0.05, 0.1) is 0 Å². The van der Waals surface area contributed by atoms with Gasteiger partial charge in [0, 0.05) is 40.4 Å². The van der Waals surface area contributed by atoms with Gasteiger partial charge >= 0.3 is 11.9 Å². The first kappa shape index (κ1) is 13.8. The monoisotopic (exact) mass is 302 g/mol. The molecule has 0 aliphatic heterocycles. The molecule has 0 rings (SSSR count). The second-order valence-electron chi connectivity index (χ2n) is 1.57. The number of carboxylic acid groups (broad SMARTS) is 2. The number of aliphatic hydroxyl groups is 2. The van der Waals surface area contributed by atoms with Crippen molar-refractivity contribution >= 4 is 11.9 Å². The predicted molar refractivity (Wildman–Crippen MR) is 27.3 cm³/mol. The van der Waals surface area contributed by atoms with E-state index in [1.807, 2.05) is 0 Å². The van der Waals surface area contributed by atoms with Crippen LogP contribution in [0.2, 0.25) is 0 Å². The first-order chi connectivity index (χ1) is 4.46. The zero-order valence-electron chi connectivity index (χ0n) is 5.17. The Bertz CT molecular complexity index is 139. The number of aliphatic carboxylic acids is 2. The fourth-order valence-corrected chi connectivity index (χ4v) is 0.270. The average molecular weight is 300 g/mol. The Morgan fingerprint density at radius 2 is 1.09 bits per heavy atom. The number of aliphatic hydroxyl groups excluding tert-OH is 2. The first-order valence-corrected chi connectivity index (χ1v) is 2.28. The molecule has 0 amide bonds. The molecule has 0 aliphatic carbocycles. The van der Waals surface area contributed by atoms with Gasteiger partial charge < -0.3 is 20.4 Å². The maximum absolute atomic E-state index is 9.77. The SMILES string of the molecule is O=C(O)C(O)C(O)C(=O)O.[Sm]. The van der Waals surface area contributed by atoms with Crippen LogP contribution in [0.1, 0.15) is 0 Å². The van der Waals surface area contributed by atoms with Gasteiger partial charge in [-0.15, -0.1) is 0 Å². The van der Waals surface area contributed by atoms with Crippen LogP contribution < -0.4 is 0 Å². The standard InChI is InChI=1S/C4H6O6.Sm/c5-1(3(7)8)2(6)4(9)10;/h1-2,5-6H,(H,7,8)(H,9,10);. The second kappa shape index (κ2) is 5.80. The zero-order chi connectivity index (χ0) is 8.31. The van der Waals surface area contributed by atoms with Gasteiger partial charge in [0.25, 0.3) is 0 Å².